The number of nitriles is 1. The van der Waals surface area contributed by atoms with Crippen molar-refractivity contribution in [3.63, 3.8) is 0 Å². The van der Waals surface area contributed by atoms with Gasteiger partial charge in [-0.1, -0.05) is 0 Å². The Hall–Kier alpha value is -2.33. The number of hydrogen-bond donors (Lipinski definition) is 0. The van der Waals surface area contributed by atoms with Gasteiger partial charge >= 0.3 is 0 Å². The highest BCUT2D eigenvalue weighted by Gasteiger charge is 2.50. The summed E-state index contributed by atoms with van der Waals surface area (Å²) in [7, 11) is 0. The molecule has 1 aromatic carbocycles. The predicted octanol–water partition coefficient (Wildman–Crippen LogP) is 3.73. The molecule has 2 heterocycles. The third kappa shape index (κ3) is 3.51. The summed E-state index contributed by atoms with van der Waals surface area (Å²) in [6.45, 7) is 2.76. The molecule has 6 rings (SSSR count). The van der Waals surface area contributed by atoms with Gasteiger partial charge in [-0.2, -0.15) is 10.4 Å². The molecule has 4 fully saturated rings. The van der Waals surface area contributed by atoms with Crippen LogP contribution in [0.4, 0.5) is 8.78 Å². The van der Waals surface area contributed by atoms with Gasteiger partial charge in [0, 0.05) is 37.7 Å². The lowest BCUT2D eigenvalue weighted by Crippen LogP contribution is -2.51. The molecule has 5 nitrogen and oxygen atoms in total. The standard InChI is InChI=1S/C23H26F2N4O/c24-19-7-17(8-20(25)10-19)22-1-3-27-29(22)23(30)21-9-18(15-5-16(21)6-15)13-28-4-2-14(11-26)12-28/h3,7-8,10,14-16,18,21-22H,1-2,4-6,9,12-13H2. The molecule has 5 aliphatic rings. The molecular formula is C23H26F2N4O. The van der Waals surface area contributed by atoms with Crippen LogP contribution >= 0.6 is 0 Å². The number of rotatable bonds is 4. The third-order valence-corrected chi connectivity index (χ3v) is 7.59. The molecule has 4 atom stereocenters. The molecule has 2 bridgehead atoms. The Balaban J connectivity index is 1.28. The molecule has 1 aromatic rings. The van der Waals surface area contributed by atoms with Crippen molar-refractivity contribution in [2.45, 2.75) is 38.1 Å². The second kappa shape index (κ2) is 7.73. The summed E-state index contributed by atoms with van der Waals surface area (Å²) in [5, 5.41) is 14.9. The molecule has 1 amide bonds. The number of hydrazone groups is 1. The highest BCUT2D eigenvalue weighted by molar-refractivity contribution is 5.82. The van der Waals surface area contributed by atoms with Crippen molar-refractivity contribution in [1.82, 2.24) is 9.91 Å². The van der Waals surface area contributed by atoms with Gasteiger partial charge in [-0.3, -0.25) is 4.79 Å². The Bertz CT molecular complexity index is 887. The van der Waals surface area contributed by atoms with Gasteiger partial charge in [0.2, 0.25) is 5.91 Å². The second-order valence-electron chi connectivity index (χ2n) is 9.40. The fourth-order valence-corrected chi connectivity index (χ4v) is 5.94. The summed E-state index contributed by atoms with van der Waals surface area (Å²) in [6, 6.07) is 5.38. The Morgan fingerprint density at radius 3 is 2.63 bits per heavy atom. The molecule has 0 radical (unpaired) electrons. The minimum atomic E-state index is -0.634. The van der Waals surface area contributed by atoms with E-state index in [1.807, 2.05) is 0 Å². The number of fused-ring (bicyclic) bond motifs is 2. The van der Waals surface area contributed by atoms with Crippen LogP contribution in [0.25, 0.3) is 0 Å². The summed E-state index contributed by atoms with van der Waals surface area (Å²) in [5.74, 6) is 0.313. The molecule has 0 aromatic heterocycles. The normalized spacial score (nSPS) is 35.3. The first-order chi connectivity index (χ1) is 14.5. The Kier molecular flexibility index (Phi) is 5.06. The summed E-state index contributed by atoms with van der Waals surface area (Å²) in [4.78, 5) is 15.8. The lowest BCUT2D eigenvalue weighted by Gasteiger charge is -2.52. The zero-order chi connectivity index (χ0) is 20.8. The third-order valence-electron chi connectivity index (χ3n) is 7.59. The lowest BCUT2D eigenvalue weighted by atomic mass is 9.55. The summed E-state index contributed by atoms with van der Waals surface area (Å²) < 4.78 is 27.4. The van der Waals surface area contributed by atoms with Crippen LogP contribution in [-0.4, -0.2) is 41.7 Å². The van der Waals surface area contributed by atoms with Gasteiger partial charge in [0.15, 0.2) is 0 Å². The summed E-state index contributed by atoms with van der Waals surface area (Å²) in [5.41, 5.74) is 0.455. The van der Waals surface area contributed by atoms with E-state index in [1.165, 1.54) is 17.1 Å². The molecule has 3 saturated carbocycles. The quantitative estimate of drug-likeness (QED) is 0.757. The van der Waals surface area contributed by atoms with E-state index in [-0.39, 0.29) is 17.7 Å². The predicted molar refractivity (Wildman–Crippen MR) is 107 cm³/mol. The number of nitrogens with zero attached hydrogens (tertiary/aromatic N) is 4. The first-order valence-electron chi connectivity index (χ1n) is 10.9. The Morgan fingerprint density at radius 1 is 1.17 bits per heavy atom. The first kappa shape index (κ1) is 19.6. The van der Waals surface area contributed by atoms with Crippen LogP contribution in [0, 0.1) is 52.6 Å². The summed E-state index contributed by atoms with van der Waals surface area (Å²) >= 11 is 0. The minimum Gasteiger partial charge on any atom is -0.302 e. The Labute approximate surface area is 175 Å². The zero-order valence-corrected chi connectivity index (χ0v) is 16.9. The van der Waals surface area contributed by atoms with Gasteiger partial charge in [0.05, 0.1) is 18.0 Å². The number of halogens is 2. The van der Waals surface area contributed by atoms with Crippen LogP contribution in [0.1, 0.15) is 43.7 Å². The number of benzene rings is 1. The molecule has 0 N–H and O–H groups in total. The summed E-state index contributed by atoms with van der Waals surface area (Å²) in [6.07, 6.45) is 6.08. The van der Waals surface area contributed by atoms with Gasteiger partial charge in [-0.15, -0.1) is 0 Å². The average molecular weight is 412 g/mol. The van der Waals surface area contributed by atoms with E-state index < -0.39 is 17.7 Å². The molecule has 7 heteroatoms. The van der Waals surface area contributed by atoms with Crippen molar-refractivity contribution >= 4 is 12.1 Å². The number of carbonyl (C=O) groups excluding carboxylic acids is 1. The smallest absolute Gasteiger partial charge is 0.246 e. The first-order valence-corrected chi connectivity index (χ1v) is 10.9. The van der Waals surface area contributed by atoms with E-state index in [4.69, 9.17) is 5.26 Å². The fraction of sp³-hybridized carbons (Fsp3) is 0.609. The van der Waals surface area contributed by atoms with Crippen molar-refractivity contribution in [3.8, 4) is 6.07 Å². The molecule has 158 valence electrons. The molecule has 1 saturated heterocycles. The number of hydrogen-bond acceptors (Lipinski definition) is 4. The maximum absolute atomic E-state index is 13.7. The van der Waals surface area contributed by atoms with E-state index in [0.717, 1.165) is 51.4 Å². The number of likely N-dealkylation sites (tertiary alicyclic amines) is 1. The van der Waals surface area contributed by atoms with Crippen molar-refractivity contribution < 1.29 is 13.6 Å². The second-order valence-corrected chi connectivity index (χ2v) is 9.40. The lowest BCUT2D eigenvalue weighted by molar-refractivity contribution is -0.147. The highest BCUT2D eigenvalue weighted by Crippen LogP contribution is 2.53. The Morgan fingerprint density at radius 2 is 1.93 bits per heavy atom. The molecule has 30 heavy (non-hydrogen) atoms. The van der Waals surface area contributed by atoms with Crippen molar-refractivity contribution in [2.24, 2.45) is 34.7 Å². The molecule has 0 spiro atoms. The van der Waals surface area contributed by atoms with E-state index in [0.29, 0.717) is 29.7 Å². The van der Waals surface area contributed by atoms with Crippen LogP contribution in [0.5, 0.6) is 0 Å². The maximum atomic E-state index is 13.7. The molecule has 2 aliphatic heterocycles. The fourth-order valence-electron chi connectivity index (χ4n) is 5.94. The molecule has 4 unspecified atom stereocenters. The van der Waals surface area contributed by atoms with E-state index in [2.05, 4.69) is 16.1 Å². The average Bonchev–Trinajstić information content (AvgIpc) is 3.35. The number of carbonyl (C=O) groups is 1. The van der Waals surface area contributed by atoms with Gasteiger partial charge in [0.1, 0.15) is 11.6 Å². The van der Waals surface area contributed by atoms with Crippen molar-refractivity contribution in [3.05, 3.63) is 35.4 Å². The van der Waals surface area contributed by atoms with Crippen LogP contribution in [-0.2, 0) is 4.79 Å². The van der Waals surface area contributed by atoms with Crippen LogP contribution in [0.15, 0.2) is 23.3 Å². The van der Waals surface area contributed by atoms with Crippen molar-refractivity contribution in [1.29, 1.82) is 5.26 Å². The molecular weight excluding hydrogens is 386 g/mol. The van der Waals surface area contributed by atoms with Gasteiger partial charge in [-0.25, -0.2) is 13.8 Å². The zero-order valence-electron chi connectivity index (χ0n) is 16.9. The van der Waals surface area contributed by atoms with Crippen LogP contribution < -0.4 is 0 Å². The van der Waals surface area contributed by atoms with Gasteiger partial charge in [-0.05, 0) is 67.7 Å². The highest BCUT2D eigenvalue weighted by atomic mass is 19.1. The number of amides is 1. The largest absolute Gasteiger partial charge is 0.302 e. The van der Waals surface area contributed by atoms with Gasteiger partial charge in [0.25, 0.3) is 0 Å². The van der Waals surface area contributed by atoms with Crippen LogP contribution in [0.2, 0.25) is 0 Å². The monoisotopic (exact) mass is 412 g/mol. The van der Waals surface area contributed by atoms with E-state index in [9.17, 15) is 13.6 Å². The SMILES string of the molecule is N#CC1CCN(CC2CC(C(=O)N3N=CCC3c3cc(F)cc(F)c3)C3CC2C3)C1. The minimum absolute atomic E-state index is 0.0112. The topological polar surface area (TPSA) is 59.7 Å². The molecule has 3 aliphatic carbocycles. The van der Waals surface area contributed by atoms with Gasteiger partial charge < -0.3 is 4.90 Å². The van der Waals surface area contributed by atoms with E-state index >= 15 is 0 Å². The van der Waals surface area contributed by atoms with E-state index in [1.54, 1.807) is 6.21 Å². The maximum Gasteiger partial charge on any atom is 0.246 e. The van der Waals surface area contributed by atoms with Crippen molar-refractivity contribution in [2.75, 3.05) is 19.6 Å². The van der Waals surface area contributed by atoms with Crippen LogP contribution in [0.3, 0.4) is 0 Å².